The first-order chi connectivity index (χ1) is 25.0. The van der Waals surface area contributed by atoms with Crippen molar-refractivity contribution in [3.63, 3.8) is 0 Å². The van der Waals surface area contributed by atoms with Gasteiger partial charge in [0.1, 0.15) is 22.3 Å². The van der Waals surface area contributed by atoms with Gasteiger partial charge in [0.25, 0.3) is 0 Å². The fraction of sp³-hybridized carbons (Fsp3) is 0.0638. The van der Waals surface area contributed by atoms with Crippen LogP contribution < -0.4 is 0 Å². The van der Waals surface area contributed by atoms with Crippen LogP contribution in [0, 0.1) is 0 Å². The normalized spacial score (nSPS) is 13.5. The number of furan rings is 2. The van der Waals surface area contributed by atoms with Gasteiger partial charge in [0, 0.05) is 43.5 Å². The van der Waals surface area contributed by atoms with Gasteiger partial charge in [0.05, 0.1) is 11.2 Å². The van der Waals surface area contributed by atoms with Gasteiger partial charge in [0.15, 0.2) is 5.82 Å². The third-order valence-electron chi connectivity index (χ3n) is 10.9. The summed E-state index contributed by atoms with van der Waals surface area (Å²) >= 11 is 0. The minimum Gasteiger partial charge on any atom is -0.456 e. The van der Waals surface area contributed by atoms with Crippen LogP contribution >= 0.6 is 0 Å². The Morgan fingerprint density at radius 2 is 1.02 bits per heavy atom. The molecule has 3 aromatic heterocycles. The van der Waals surface area contributed by atoms with Gasteiger partial charge < -0.3 is 8.83 Å². The Hall–Kier alpha value is -6.52. The molecule has 51 heavy (non-hydrogen) atoms. The zero-order valence-corrected chi connectivity index (χ0v) is 28.1. The molecule has 0 N–H and O–H groups in total. The van der Waals surface area contributed by atoms with Gasteiger partial charge in [-0.1, -0.05) is 123 Å². The minimum absolute atomic E-state index is 0.0851. The van der Waals surface area contributed by atoms with Crippen LogP contribution in [0.25, 0.3) is 99.7 Å². The topological polar surface area (TPSA) is 52.1 Å². The Morgan fingerprint density at radius 3 is 1.78 bits per heavy atom. The highest BCUT2D eigenvalue weighted by molar-refractivity contribution is 6.16. The molecule has 3 heterocycles. The van der Waals surface area contributed by atoms with Crippen LogP contribution in [0.4, 0.5) is 0 Å². The molecule has 0 amide bonds. The van der Waals surface area contributed by atoms with Crippen molar-refractivity contribution >= 4 is 54.8 Å². The Kier molecular flexibility index (Phi) is 5.70. The summed E-state index contributed by atoms with van der Waals surface area (Å²) in [6.45, 7) is 4.66. The summed E-state index contributed by atoms with van der Waals surface area (Å²) in [6, 6.07) is 51.0. The minimum atomic E-state index is -0.0851. The predicted octanol–water partition coefficient (Wildman–Crippen LogP) is 12.7. The Balaban J connectivity index is 1.22. The number of hydrogen-bond donors (Lipinski definition) is 0. The molecule has 0 radical (unpaired) electrons. The van der Waals surface area contributed by atoms with E-state index in [9.17, 15) is 0 Å². The van der Waals surface area contributed by atoms with Crippen molar-refractivity contribution in [1.29, 1.82) is 0 Å². The highest BCUT2D eigenvalue weighted by Gasteiger charge is 2.36. The van der Waals surface area contributed by atoms with Crippen LogP contribution in [0.3, 0.4) is 0 Å². The van der Waals surface area contributed by atoms with Crippen molar-refractivity contribution in [3.8, 4) is 44.9 Å². The van der Waals surface area contributed by atoms with E-state index in [4.69, 9.17) is 18.8 Å². The number of aromatic nitrogens is 2. The lowest BCUT2D eigenvalue weighted by Gasteiger charge is -2.21. The molecule has 0 aliphatic heterocycles. The Morgan fingerprint density at radius 1 is 0.451 bits per heavy atom. The molecule has 7 aromatic carbocycles. The lowest BCUT2D eigenvalue weighted by Crippen LogP contribution is -2.14. The highest BCUT2D eigenvalue weighted by atomic mass is 16.3. The second-order valence-electron chi connectivity index (χ2n) is 14.1. The molecule has 0 saturated carbocycles. The molecule has 1 aliphatic rings. The van der Waals surface area contributed by atoms with Gasteiger partial charge in [-0.3, -0.25) is 0 Å². The summed E-state index contributed by atoms with van der Waals surface area (Å²) in [5.41, 5.74) is 14.6. The summed E-state index contributed by atoms with van der Waals surface area (Å²) in [6.07, 6.45) is 0. The number of para-hydroxylation sites is 2. The van der Waals surface area contributed by atoms with Crippen LogP contribution in [-0.4, -0.2) is 9.97 Å². The molecule has 0 atom stereocenters. The number of fused-ring (bicyclic) bond motifs is 10. The molecule has 0 fully saturated rings. The van der Waals surface area contributed by atoms with Gasteiger partial charge in [-0.05, 0) is 69.8 Å². The van der Waals surface area contributed by atoms with E-state index < -0.39 is 0 Å². The SMILES string of the molecule is CC1(C)c2ccccc2-c2c(-c3ccc4nc(-c5cccc6oc7ccccc7c56)nc(-c5cccc6oc7ccccc7c56)c4c3)cccc21. The van der Waals surface area contributed by atoms with E-state index in [-0.39, 0.29) is 5.41 Å². The zero-order valence-electron chi connectivity index (χ0n) is 28.1. The van der Waals surface area contributed by atoms with E-state index in [0.29, 0.717) is 5.82 Å². The largest absolute Gasteiger partial charge is 0.456 e. The first kappa shape index (κ1) is 28.3. The van der Waals surface area contributed by atoms with Crippen LogP contribution in [0.2, 0.25) is 0 Å². The molecule has 4 nitrogen and oxygen atoms in total. The molecule has 0 unspecified atom stereocenters. The number of hydrogen-bond acceptors (Lipinski definition) is 4. The van der Waals surface area contributed by atoms with Gasteiger partial charge in [0.2, 0.25) is 0 Å². The maximum atomic E-state index is 6.38. The van der Waals surface area contributed by atoms with E-state index >= 15 is 0 Å². The third-order valence-corrected chi connectivity index (χ3v) is 10.9. The van der Waals surface area contributed by atoms with E-state index in [2.05, 4.69) is 111 Å². The van der Waals surface area contributed by atoms with Gasteiger partial charge >= 0.3 is 0 Å². The number of rotatable bonds is 3. The monoisotopic (exact) mass is 654 g/mol. The molecule has 0 spiro atoms. The van der Waals surface area contributed by atoms with Crippen LogP contribution in [0.15, 0.2) is 154 Å². The number of nitrogens with zero attached hydrogens (tertiary/aromatic N) is 2. The molecule has 4 heteroatoms. The van der Waals surface area contributed by atoms with E-state index in [1.54, 1.807) is 0 Å². The van der Waals surface area contributed by atoms with Crippen molar-refractivity contribution in [2.75, 3.05) is 0 Å². The smallest absolute Gasteiger partial charge is 0.161 e. The second kappa shape index (κ2) is 10.3. The van der Waals surface area contributed by atoms with E-state index in [1.807, 2.05) is 48.5 Å². The molecule has 0 bridgehead atoms. The predicted molar refractivity (Wildman–Crippen MR) is 208 cm³/mol. The summed E-state index contributed by atoms with van der Waals surface area (Å²) in [7, 11) is 0. The zero-order chi connectivity index (χ0) is 33.8. The van der Waals surface area contributed by atoms with Crippen LogP contribution in [-0.2, 0) is 5.41 Å². The van der Waals surface area contributed by atoms with Crippen molar-refractivity contribution in [2.45, 2.75) is 19.3 Å². The van der Waals surface area contributed by atoms with Crippen molar-refractivity contribution < 1.29 is 8.83 Å². The molecule has 1 aliphatic carbocycles. The summed E-state index contributed by atoms with van der Waals surface area (Å²) < 4.78 is 12.7. The van der Waals surface area contributed by atoms with Crippen LogP contribution in [0.5, 0.6) is 0 Å². The highest BCUT2D eigenvalue weighted by Crippen LogP contribution is 2.52. The summed E-state index contributed by atoms with van der Waals surface area (Å²) in [5, 5.41) is 5.17. The molecule has 240 valence electrons. The lowest BCUT2D eigenvalue weighted by atomic mass is 9.82. The van der Waals surface area contributed by atoms with Gasteiger partial charge in [-0.25, -0.2) is 9.97 Å². The van der Waals surface area contributed by atoms with Gasteiger partial charge in [-0.2, -0.15) is 0 Å². The fourth-order valence-electron chi connectivity index (χ4n) is 8.55. The summed E-state index contributed by atoms with van der Waals surface area (Å²) in [5.74, 6) is 0.656. The Labute approximate surface area is 293 Å². The molecular weight excluding hydrogens is 625 g/mol. The first-order valence-electron chi connectivity index (χ1n) is 17.4. The molecular formula is C47H30N2O2. The van der Waals surface area contributed by atoms with Crippen molar-refractivity contribution in [1.82, 2.24) is 9.97 Å². The molecule has 10 aromatic rings. The van der Waals surface area contributed by atoms with Crippen LogP contribution in [0.1, 0.15) is 25.0 Å². The summed E-state index contributed by atoms with van der Waals surface area (Å²) in [4.78, 5) is 10.8. The average molecular weight is 655 g/mol. The second-order valence-corrected chi connectivity index (χ2v) is 14.1. The van der Waals surface area contributed by atoms with Crippen molar-refractivity contribution in [2.24, 2.45) is 0 Å². The molecule has 11 rings (SSSR count). The fourth-order valence-corrected chi connectivity index (χ4v) is 8.55. The molecule has 0 saturated heterocycles. The third kappa shape index (κ3) is 3.96. The first-order valence-corrected chi connectivity index (χ1v) is 17.4. The number of benzene rings is 7. The van der Waals surface area contributed by atoms with E-state index in [1.165, 1.54) is 27.8 Å². The maximum Gasteiger partial charge on any atom is 0.161 e. The standard InChI is InChI=1S/C47H30N2O2/c1-47(2)35-18-6-3-12-29(35)42-28(15-9-19-36(42)47)27-24-25-37-34(26-27)45(32-16-10-22-40-43(32)30-13-4-7-20-38(30)50-40)49-46(48-37)33-17-11-23-41-44(33)31-14-5-8-21-39(31)51-41/h3-26H,1-2H3. The quantitative estimate of drug-likeness (QED) is 0.190. The van der Waals surface area contributed by atoms with Gasteiger partial charge in [-0.15, -0.1) is 0 Å². The van der Waals surface area contributed by atoms with E-state index in [0.717, 1.165) is 77.2 Å². The maximum absolute atomic E-state index is 6.38. The lowest BCUT2D eigenvalue weighted by molar-refractivity contribution is 0.660. The average Bonchev–Trinajstić information content (AvgIpc) is 3.82. The Bertz CT molecular complexity index is 3070. The van der Waals surface area contributed by atoms with Crippen molar-refractivity contribution in [3.05, 3.63) is 157 Å².